The van der Waals surface area contributed by atoms with E-state index in [9.17, 15) is 9.46 Å². The molecule has 0 heterocycles. The number of rotatable bonds is 3. The minimum Gasteiger partial charge on any atom is -0.774 e. The van der Waals surface area contributed by atoms with Gasteiger partial charge in [-0.25, -0.2) is 0 Å². The standard InChI is InChI=1S/C7H18NO3P/c1-6(2)7(8(3,4)5)12(9,10)11/h6-7H,1-5H3,(H-,9,10,11). The third kappa shape index (κ3) is 3.23. The van der Waals surface area contributed by atoms with Crippen molar-refractivity contribution >= 4 is 7.60 Å². The van der Waals surface area contributed by atoms with Gasteiger partial charge in [0.1, 0.15) is 0 Å². The second-order valence-corrected chi connectivity index (χ2v) is 6.00. The third-order valence-electron chi connectivity index (χ3n) is 1.72. The molecule has 0 bridgehead atoms. The second-order valence-electron chi connectivity index (χ2n) is 4.34. The quantitative estimate of drug-likeness (QED) is 0.517. The fraction of sp³-hybridized carbons (Fsp3) is 1.00. The zero-order valence-corrected chi connectivity index (χ0v) is 9.21. The van der Waals surface area contributed by atoms with E-state index in [4.69, 9.17) is 4.89 Å². The lowest BCUT2D eigenvalue weighted by atomic mass is 10.2. The molecule has 0 radical (unpaired) electrons. The van der Waals surface area contributed by atoms with Crippen LogP contribution in [0.4, 0.5) is 0 Å². The molecule has 0 aromatic heterocycles. The van der Waals surface area contributed by atoms with E-state index in [1.54, 1.807) is 35.0 Å². The Morgan fingerprint density at radius 3 is 1.67 bits per heavy atom. The smallest absolute Gasteiger partial charge is 0.190 e. The molecule has 5 heteroatoms. The van der Waals surface area contributed by atoms with Crippen molar-refractivity contribution in [3.8, 4) is 0 Å². The first-order valence-corrected chi connectivity index (χ1v) is 5.56. The van der Waals surface area contributed by atoms with Crippen LogP contribution >= 0.6 is 7.60 Å². The number of quaternary nitrogens is 1. The van der Waals surface area contributed by atoms with E-state index in [1.807, 2.05) is 0 Å². The van der Waals surface area contributed by atoms with Crippen LogP contribution in [0.2, 0.25) is 0 Å². The zero-order valence-electron chi connectivity index (χ0n) is 8.31. The van der Waals surface area contributed by atoms with E-state index >= 15 is 0 Å². The minimum absolute atomic E-state index is 0.0849. The second kappa shape index (κ2) is 3.46. The maximum atomic E-state index is 11.0. The molecule has 4 nitrogen and oxygen atoms in total. The topological polar surface area (TPSA) is 60.4 Å². The first-order valence-electron chi connectivity index (χ1n) is 3.91. The Morgan fingerprint density at radius 2 is 1.67 bits per heavy atom. The third-order valence-corrected chi connectivity index (χ3v) is 3.68. The Labute approximate surface area is 74.0 Å². The summed E-state index contributed by atoms with van der Waals surface area (Å²) < 4.78 is 11.2. The number of hydrogen-bond donors (Lipinski definition) is 1. The normalized spacial score (nSPS) is 20.7. The molecule has 0 amide bonds. The van der Waals surface area contributed by atoms with E-state index in [-0.39, 0.29) is 10.4 Å². The van der Waals surface area contributed by atoms with Gasteiger partial charge in [0.05, 0.1) is 21.1 Å². The van der Waals surface area contributed by atoms with Gasteiger partial charge >= 0.3 is 0 Å². The Morgan fingerprint density at radius 1 is 1.33 bits per heavy atom. The fourth-order valence-corrected chi connectivity index (χ4v) is 3.34. The Kier molecular flexibility index (Phi) is 3.49. The van der Waals surface area contributed by atoms with E-state index in [2.05, 4.69) is 0 Å². The van der Waals surface area contributed by atoms with Crippen molar-refractivity contribution in [2.45, 2.75) is 19.6 Å². The van der Waals surface area contributed by atoms with Crippen molar-refractivity contribution in [1.29, 1.82) is 0 Å². The van der Waals surface area contributed by atoms with Gasteiger partial charge in [0.25, 0.3) is 0 Å². The van der Waals surface area contributed by atoms with Crippen molar-refractivity contribution < 1.29 is 18.8 Å². The molecule has 0 saturated heterocycles. The fourth-order valence-electron chi connectivity index (χ4n) is 1.71. The molecule has 2 unspecified atom stereocenters. The molecule has 0 rings (SSSR count). The van der Waals surface area contributed by atoms with Crippen LogP contribution in [0.25, 0.3) is 0 Å². The Hall–Kier alpha value is 0.110. The van der Waals surface area contributed by atoms with Gasteiger partial charge in [-0.1, -0.05) is 13.8 Å². The van der Waals surface area contributed by atoms with Crippen LogP contribution < -0.4 is 4.89 Å². The highest BCUT2D eigenvalue weighted by atomic mass is 31.2. The highest BCUT2D eigenvalue weighted by molar-refractivity contribution is 7.50. The largest absolute Gasteiger partial charge is 0.774 e. The van der Waals surface area contributed by atoms with Crippen LogP contribution in [-0.4, -0.2) is 36.3 Å². The average Bonchev–Trinajstić information content (AvgIpc) is 1.49. The van der Waals surface area contributed by atoms with Gasteiger partial charge in [0, 0.05) is 5.92 Å². The van der Waals surface area contributed by atoms with Crippen LogP contribution in [0.1, 0.15) is 13.8 Å². The summed E-state index contributed by atoms with van der Waals surface area (Å²) in [7, 11) is 1.03. The lowest BCUT2D eigenvalue weighted by Crippen LogP contribution is -2.49. The average molecular weight is 195 g/mol. The molecule has 0 aliphatic carbocycles. The van der Waals surface area contributed by atoms with Gasteiger partial charge in [-0.05, 0) is 0 Å². The predicted octanol–water partition coefficient (Wildman–Crippen LogP) is 0.220. The maximum Gasteiger partial charge on any atom is 0.190 e. The lowest BCUT2D eigenvalue weighted by molar-refractivity contribution is -0.887. The Balaban J connectivity index is 4.83. The molecule has 2 atom stereocenters. The van der Waals surface area contributed by atoms with Gasteiger partial charge in [0.15, 0.2) is 13.4 Å². The summed E-state index contributed by atoms with van der Waals surface area (Å²) in [6.07, 6.45) is 0. The molecular weight excluding hydrogens is 177 g/mol. The van der Waals surface area contributed by atoms with Gasteiger partial charge in [-0.3, -0.25) is 0 Å². The van der Waals surface area contributed by atoms with Gasteiger partial charge < -0.3 is 18.8 Å². The zero-order chi connectivity index (χ0) is 10.2. The van der Waals surface area contributed by atoms with Crippen molar-refractivity contribution in [3.05, 3.63) is 0 Å². The summed E-state index contributed by atoms with van der Waals surface area (Å²) in [5.41, 5.74) is 0. The van der Waals surface area contributed by atoms with Crippen LogP contribution in [0.15, 0.2) is 0 Å². The van der Waals surface area contributed by atoms with Crippen molar-refractivity contribution in [3.63, 3.8) is 0 Å². The summed E-state index contributed by atoms with van der Waals surface area (Å²) in [5, 5.41) is 0. The molecule has 12 heavy (non-hydrogen) atoms. The van der Waals surface area contributed by atoms with Gasteiger partial charge in [0.2, 0.25) is 0 Å². The molecule has 0 spiro atoms. The van der Waals surface area contributed by atoms with Crippen LogP contribution in [0, 0.1) is 5.92 Å². The van der Waals surface area contributed by atoms with Crippen LogP contribution in [-0.2, 0) is 4.57 Å². The molecule has 0 aliphatic heterocycles. The molecule has 0 saturated carbocycles. The number of nitrogens with zero attached hydrogens (tertiary/aromatic N) is 1. The highest BCUT2D eigenvalue weighted by Gasteiger charge is 2.35. The lowest BCUT2D eigenvalue weighted by Gasteiger charge is -2.41. The number of hydrogen-bond acceptors (Lipinski definition) is 2. The molecule has 0 aromatic rings. The van der Waals surface area contributed by atoms with E-state index < -0.39 is 13.4 Å². The van der Waals surface area contributed by atoms with Crippen molar-refractivity contribution in [2.75, 3.05) is 21.1 Å². The van der Waals surface area contributed by atoms with E-state index in [1.165, 1.54) is 0 Å². The maximum absolute atomic E-state index is 11.0. The first kappa shape index (κ1) is 12.1. The summed E-state index contributed by atoms with van der Waals surface area (Å²) in [5.74, 6) is -0.809. The predicted molar refractivity (Wildman–Crippen MR) is 46.5 cm³/mol. The minimum atomic E-state index is -4.23. The van der Waals surface area contributed by atoms with Crippen molar-refractivity contribution in [2.24, 2.45) is 5.92 Å². The summed E-state index contributed by atoms with van der Waals surface area (Å²) in [4.78, 5) is 20.0. The van der Waals surface area contributed by atoms with Gasteiger partial charge in [-0.2, -0.15) is 0 Å². The molecular formula is C7H18NO3P. The SMILES string of the molecule is CC(C)C([N+](C)(C)C)P(=O)([O-])O. The van der Waals surface area contributed by atoms with E-state index in [0.29, 0.717) is 0 Å². The summed E-state index contributed by atoms with van der Waals surface area (Å²) >= 11 is 0. The van der Waals surface area contributed by atoms with Gasteiger partial charge in [-0.15, -0.1) is 0 Å². The summed E-state index contributed by atoms with van der Waals surface area (Å²) in [6.45, 7) is 3.57. The molecule has 0 aliphatic rings. The van der Waals surface area contributed by atoms with E-state index in [0.717, 1.165) is 0 Å². The highest BCUT2D eigenvalue weighted by Crippen LogP contribution is 2.43. The molecule has 1 N–H and O–H groups in total. The van der Waals surface area contributed by atoms with Crippen LogP contribution in [0.3, 0.4) is 0 Å². The molecule has 0 fully saturated rings. The monoisotopic (exact) mass is 195 g/mol. The Bertz CT molecular complexity index is 191. The first-order chi connectivity index (χ1) is 5.07. The van der Waals surface area contributed by atoms with Crippen LogP contribution in [0.5, 0.6) is 0 Å². The van der Waals surface area contributed by atoms with Crippen molar-refractivity contribution in [1.82, 2.24) is 0 Å². The summed E-state index contributed by atoms with van der Waals surface area (Å²) in [6, 6.07) is 0. The molecule has 74 valence electrons. The molecule has 0 aromatic carbocycles.